The molecule has 1 amide bonds. The Kier molecular flexibility index (Phi) is 8.11. The summed E-state index contributed by atoms with van der Waals surface area (Å²) in [5.74, 6) is 0.740. The topological polar surface area (TPSA) is 135 Å². The van der Waals surface area contributed by atoms with E-state index >= 15 is 4.39 Å². The van der Waals surface area contributed by atoms with Gasteiger partial charge in [-0.05, 0) is 37.4 Å². The van der Waals surface area contributed by atoms with Crippen molar-refractivity contribution in [3.8, 4) is 17.2 Å². The van der Waals surface area contributed by atoms with Crippen LogP contribution in [0.5, 0.6) is 5.75 Å². The highest BCUT2D eigenvalue weighted by Gasteiger charge is 2.21. The van der Waals surface area contributed by atoms with Gasteiger partial charge in [0.05, 0.1) is 35.6 Å². The number of likely N-dealkylation sites (N-methyl/N-ethyl adjacent to an activating group) is 2. The third-order valence-electron chi connectivity index (χ3n) is 7.75. The Bertz CT molecular complexity index is 1710. The molecule has 0 spiro atoms. The fraction of sp³-hybridized carbons (Fsp3) is 0.379. The molecule has 0 unspecified atom stereocenters. The maximum absolute atomic E-state index is 15.0. The van der Waals surface area contributed by atoms with E-state index in [2.05, 4.69) is 25.4 Å². The number of amides is 1. The van der Waals surface area contributed by atoms with Gasteiger partial charge in [-0.25, -0.2) is 9.07 Å². The number of anilines is 2. The van der Waals surface area contributed by atoms with Gasteiger partial charge < -0.3 is 30.0 Å². The molecule has 5 aromatic rings. The molecule has 1 fully saturated rings. The van der Waals surface area contributed by atoms with Crippen LogP contribution in [-0.2, 0) is 11.3 Å². The molecule has 4 aromatic heterocycles. The van der Waals surface area contributed by atoms with Crippen LogP contribution < -0.4 is 20.7 Å². The fourth-order valence-corrected chi connectivity index (χ4v) is 5.23. The number of fused-ring (bicyclic) bond motifs is 3. The number of benzene rings is 1. The number of furan rings is 1. The number of nitrogens with one attached hydrogen (secondary N) is 1. The molecule has 14 heteroatoms. The summed E-state index contributed by atoms with van der Waals surface area (Å²) in [6.45, 7) is 5.45. The van der Waals surface area contributed by atoms with Gasteiger partial charge in [0.15, 0.2) is 18.0 Å². The van der Waals surface area contributed by atoms with Crippen LogP contribution in [-0.4, -0.2) is 107 Å². The maximum Gasteiger partial charge on any atom is 0.260 e. The Balaban J connectivity index is 1.04. The minimum absolute atomic E-state index is 0.134. The molecule has 1 saturated heterocycles. The molecule has 1 aliphatic heterocycles. The molecule has 226 valence electrons. The Morgan fingerprint density at radius 3 is 2.77 bits per heavy atom. The van der Waals surface area contributed by atoms with Crippen molar-refractivity contribution in [2.24, 2.45) is 0 Å². The summed E-state index contributed by atoms with van der Waals surface area (Å²) < 4.78 is 29.5. The Hall–Kier alpha value is -4.69. The number of aromatic nitrogens is 5. The predicted octanol–water partition coefficient (Wildman–Crippen LogP) is 1.94. The van der Waals surface area contributed by atoms with Gasteiger partial charge in [0.25, 0.3) is 5.91 Å². The first-order valence-electron chi connectivity index (χ1n) is 14.2. The predicted molar refractivity (Wildman–Crippen MR) is 161 cm³/mol. The molecule has 43 heavy (non-hydrogen) atoms. The number of nitrogen functional groups attached to an aromatic ring is 1. The maximum atomic E-state index is 15.0. The highest BCUT2D eigenvalue weighted by atomic mass is 19.1. The van der Waals surface area contributed by atoms with Gasteiger partial charge in [0.1, 0.15) is 17.3 Å². The van der Waals surface area contributed by atoms with Crippen LogP contribution in [0.25, 0.3) is 28.0 Å². The van der Waals surface area contributed by atoms with Gasteiger partial charge in [-0.3, -0.25) is 9.69 Å². The summed E-state index contributed by atoms with van der Waals surface area (Å²) >= 11 is 0. The lowest BCUT2D eigenvalue weighted by atomic mass is 10.2. The molecule has 0 bridgehead atoms. The lowest BCUT2D eigenvalue weighted by molar-refractivity contribution is -0.132. The Morgan fingerprint density at radius 1 is 1.19 bits per heavy atom. The van der Waals surface area contributed by atoms with Crippen LogP contribution in [0.2, 0.25) is 0 Å². The fourth-order valence-electron chi connectivity index (χ4n) is 5.23. The molecule has 5 heterocycles. The van der Waals surface area contributed by atoms with E-state index in [4.69, 9.17) is 14.9 Å². The van der Waals surface area contributed by atoms with E-state index in [1.54, 1.807) is 41.1 Å². The van der Waals surface area contributed by atoms with Gasteiger partial charge in [0, 0.05) is 58.9 Å². The first-order chi connectivity index (χ1) is 20.9. The van der Waals surface area contributed by atoms with Crippen molar-refractivity contribution in [1.29, 1.82) is 0 Å². The average molecular weight is 591 g/mol. The van der Waals surface area contributed by atoms with Crippen molar-refractivity contribution < 1.29 is 18.3 Å². The second-order valence-electron chi connectivity index (χ2n) is 10.5. The van der Waals surface area contributed by atoms with Crippen LogP contribution in [0.3, 0.4) is 0 Å². The molecular formula is C29H35FN10O3. The molecule has 1 aromatic carbocycles. The second kappa shape index (κ2) is 12.3. The summed E-state index contributed by atoms with van der Waals surface area (Å²) in [7, 11) is 3.54. The largest absolute Gasteiger partial charge is 0.484 e. The smallest absolute Gasteiger partial charge is 0.260 e. The highest BCUT2D eigenvalue weighted by molar-refractivity contribution is 5.93. The van der Waals surface area contributed by atoms with Crippen molar-refractivity contribution >= 4 is 34.1 Å². The minimum Gasteiger partial charge on any atom is -0.484 e. The van der Waals surface area contributed by atoms with Crippen molar-refractivity contribution in [3.63, 3.8) is 0 Å². The van der Waals surface area contributed by atoms with Crippen LogP contribution in [0, 0.1) is 5.82 Å². The Morgan fingerprint density at radius 2 is 2.02 bits per heavy atom. The standard InChI is InChI=1S/C29H35FN10O3/c1-32-7-8-36(2)27(41)19-43-20-5-6-24(22(30)16-20)38-12-9-37(10-13-38)11-14-39-28-21(18-33-39)25-17-23(26-4-3-15-42-26)35-40(25)29(31)34-28/h3-6,15-18,32H,7-14,19H2,1-2H3,(H2,31,34). The number of hydrogen-bond donors (Lipinski definition) is 2. The van der Waals surface area contributed by atoms with Gasteiger partial charge >= 0.3 is 0 Å². The normalized spacial score (nSPS) is 14.2. The van der Waals surface area contributed by atoms with E-state index in [1.807, 2.05) is 34.8 Å². The molecule has 0 aliphatic carbocycles. The van der Waals surface area contributed by atoms with Crippen molar-refractivity contribution in [1.82, 2.24) is 39.5 Å². The van der Waals surface area contributed by atoms with E-state index in [0.29, 0.717) is 61.3 Å². The van der Waals surface area contributed by atoms with Crippen molar-refractivity contribution in [2.45, 2.75) is 6.54 Å². The van der Waals surface area contributed by atoms with Gasteiger partial charge in [-0.1, -0.05) is 0 Å². The molecule has 3 N–H and O–H groups in total. The number of nitrogens with zero attached hydrogens (tertiary/aromatic N) is 8. The molecular weight excluding hydrogens is 555 g/mol. The van der Waals surface area contributed by atoms with E-state index in [0.717, 1.165) is 30.5 Å². The van der Waals surface area contributed by atoms with E-state index < -0.39 is 0 Å². The third-order valence-corrected chi connectivity index (χ3v) is 7.75. The molecule has 6 rings (SSSR count). The molecule has 1 aliphatic rings. The van der Waals surface area contributed by atoms with Crippen LogP contribution in [0.4, 0.5) is 16.0 Å². The first-order valence-corrected chi connectivity index (χ1v) is 14.2. The minimum atomic E-state index is -0.366. The summed E-state index contributed by atoms with van der Waals surface area (Å²) in [5, 5.41) is 13.0. The van der Waals surface area contributed by atoms with E-state index in [9.17, 15) is 4.79 Å². The SMILES string of the molecule is CNCCN(C)C(=O)COc1ccc(N2CCN(CCn3ncc4c3nc(N)n3nc(-c5ccco5)cc43)CC2)c(F)c1. The molecule has 13 nitrogen and oxygen atoms in total. The van der Waals surface area contributed by atoms with E-state index in [-0.39, 0.29) is 24.3 Å². The zero-order valence-corrected chi connectivity index (χ0v) is 24.2. The first kappa shape index (κ1) is 28.4. The van der Waals surface area contributed by atoms with Gasteiger partial charge in [-0.2, -0.15) is 19.7 Å². The van der Waals surface area contributed by atoms with Crippen molar-refractivity contribution in [2.75, 3.05) is 77.1 Å². The van der Waals surface area contributed by atoms with Crippen LogP contribution >= 0.6 is 0 Å². The molecule has 0 radical (unpaired) electrons. The summed E-state index contributed by atoms with van der Waals surface area (Å²) in [5.41, 5.74) is 8.97. The summed E-state index contributed by atoms with van der Waals surface area (Å²) in [4.78, 5) is 22.7. The Labute approximate surface area is 247 Å². The average Bonchev–Trinajstić information content (AvgIpc) is 3.78. The summed E-state index contributed by atoms with van der Waals surface area (Å²) in [6.07, 6.45) is 3.39. The van der Waals surface area contributed by atoms with E-state index in [1.165, 1.54) is 6.07 Å². The number of carbonyl (C=O) groups excluding carboxylic acids is 1. The van der Waals surface area contributed by atoms with Gasteiger partial charge in [0.2, 0.25) is 5.95 Å². The van der Waals surface area contributed by atoms with Crippen LogP contribution in [0.15, 0.2) is 53.3 Å². The number of ether oxygens (including phenoxy) is 1. The monoisotopic (exact) mass is 590 g/mol. The number of carbonyl (C=O) groups is 1. The zero-order valence-electron chi connectivity index (χ0n) is 24.2. The quantitative estimate of drug-likeness (QED) is 0.235. The van der Waals surface area contributed by atoms with Crippen LogP contribution in [0.1, 0.15) is 0 Å². The number of nitrogens with two attached hydrogens (primary N) is 1. The molecule has 0 atom stereocenters. The highest BCUT2D eigenvalue weighted by Crippen LogP contribution is 2.27. The lowest BCUT2D eigenvalue weighted by Gasteiger charge is -2.36. The second-order valence-corrected chi connectivity index (χ2v) is 10.5. The third kappa shape index (κ3) is 5.96. The zero-order chi connectivity index (χ0) is 29.9. The number of rotatable bonds is 11. The molecule has 0 saturated carbocycles. The number of piperazine rings is 1. The number of halogens is 1. The van der Waals surface area contributed by atoms with Gasteiger partial charge in [-0.15, -0.1) is 0 Å². The number of hydrogen-bond acceptors (Lipinski definition) is 10. The van der Waals surface area contributed by atoms with Crippen molar-refractivity contribution in [3.05, 3.63) is 54.7 Å². The lowest BCUT2D eigenvalue weighted by Crippen LogP contribution is -2.47. The summed E-state index contributed by atoms with van der Waals surface area (Å²) in [6, 6.07) is 10.4.